The molecule has 0 saturated heterocycles. The monoisotopic (exact) mass is 299 g/mol. The number of carbonyl (C=O) groups excluding carboxylic acids is 1. The van der Waals surface area contributed by atoms with Gasteiger partial charge >= 0.3 is 0 Å². The Morgan fingerprint density at radius 1 is 1.43 bits per heavy atom. The standard InChI is InChI=1S/C16H17N3OS/c1-11-9-15(21-14(11)7-4-8-17)16(20)18-10-13-6-3-5-12(2)19-13/h3,5-6,9H,8,10,17H2,1-2H3,(H,18,20). The van der Waals surface area contributed by atoms with E-state index in [-0.39, 0.29) is 5.91 Å². The fraction of sp³-hybridized carbons (Fsp3) is 0.250. The summed E-state index contributed by atoms with van der Waals surface area (Å²) in [6.07, 6.45) is 0. The molecule has 0 spiro atoms. The summed E-state index contributed by atoms with van der Waals surface area (Å²) < 4.78 is 0. The second-order valence-electron chi connectivity index (χ2n) is 4.58. The van der Waals surface area contributed by atoms with Crippen molar-refractivity contribution in [2.45, 2.75) is 20.4 Å². The van der Waals surface area contributed by atoms with E-state index in [9.17, 15) is 4.79 Å². The summed E-state index contributed by atoms with van der Waals surface area (Å²) >= 11 is 1.38. The molecule has 0 saturated carbocycles. The number of nitrogens with zero attached hydrogens (tertiary/aromatic N) is 1. The topological polar surface area (TPSA) is 68.0 Å². The van der Waals surface area contributed by atoms with Gasteiger partial charge in [0.2, 0.25) is 0 Å². The molecule has 0 bridgehead atoms. The van der Waals surface area contributed by atoms with Crippen molar-refractivity contribution in [3.8, 4) is 11.8 Å². The van der Waals surface area contributed by atoms with E-state index < -0.39 is 0 Å². The van der Waals surface area contributed by atoms with Crippen LogP contribution in [0.25, 0.3) is 0 Å². The molecule has 5 heteroatoms. The second kappa shape index (κ2) is 7.02. The second-order valence-corrected chi connectivity index (χ2v) is 5.63. The van der Waals surface area contributed by atoms with Gasteiger partial charge in [-0.15, -0.1) is 11.3 Å². The summed E-state index contributed by atoms with van der Waals surface area (Å²) in [6.45, 7) is 4.60. The molecule has 0 atom stereocenters. The molecule has 0 aliphatic carbocycles. The van der Waals surface area contributed by atoms with Crippen LogP contribution in [0.5, 0.6) is 0 Å². The van der Waals surface area contributed by atoms with Crippen molar-refractivity contribution < 1.29 is 4.79 Å². The minimum Gasteiger partial charge on any atom is -0.346 e. The average molecular weight is 299 g/mol. The lowest BCUT2D eigenvalue weighted by molar-refractivity contribution is 0.0954. The Morgan fingerprint density at radius 3 is 2.95 bits per heavy atom. The van der Waals surface area contributed by atoms with Crippen LogP contribution in [0.15, 0.2) is 24.3 Å². The van der Waals surface area contributed by atoms with E-state index in [4.69, 9.17) is 5.73 Å². The SMILES string of the molecule is Cc1cccc(CNC(=O)c2cc(C)c(C#CCN)s2)n1. The van der Waals surface area contributed by atoms with Crippen LogP contribution in [0.2, 0.25) is 0 Å². The zero-order chi connectivity index (χ0) is 15.2. The number of hydrogen-bond donors (Lipinski definition) is 2. The van der Waals surface area contributed by atoms with Gasteiger partial charge in [-0.05, 0) is 37.6 Å². The van der Waals surface area contributed by atoms with Gasteiger partial charge in [-0.2, -0.15) is 0 Å². The van der Waals surface area contributed by atoms with E-state index in [2.05, 4.69) is 22.1 Å². The van der Waals surface area contributed by atoms with Crippen molar-refractivity contribution in [1.29, 1.82) is 0 Å². The zero-order valence-corrected chi connectivity index (χ0v) is 12.9. The number of amides is 1. The molecular weight excluding hydrogens is 282 g/mol. The summed E-state index contributed by atoms with van der Waals surface area (Å²) in [5.74, 6) is 5.68. The Kier molecular flexibility index (Phi) is 5.09. The van der Waals surface area contributed by atoms with Gasteiger partial charge in [0.05, 0.1) is 28.5 Å². The molecule has 4 nitrogen and oxygen atoms in total. The van der Waals surface area contributed by atoms with Crippen molar-refractivity contribution >= 4 is 17.2 Å². The first-order valence-electron chi connectivity index (χ1n) is 6.60. The smallest absolute Gasteiger partial charge is 0.261 e. The largest absolute Gasteiger partial charge is 0.346 e. The van der Waals surface area contributed by atoms with Crippen LogP contribution in [0.4, 0.5) is 0 Å². The number of hydrogen-bond acceptors (Lipinski definition) is 4. The Balaban J connectivity index is 2.04. The fourth-order valence-corrected chi connectivity index (χ4v) is 2.77. The molecule has 2 rings (SSSR count). The van der Waals surface area contributed by atoms with Gasteiger partial charge in [-0.1, -0.05) is 17.9 Å². The van der Waals surface area contributed by atoms with Gasteiger partial charge in [0, 0.05) is 5.69 Å². The molecular formula is C16H17N3OS. The number of pyridine rings is 1. The van der Waals surface area contributed by atoms with Crippen molar-refractivity contribution in [3.63, 3.8) is 0 Å². The van der Waals surface area contributed by atoms with E-state index >= 15 is 0 Å². The minimum absolute atomic E-state index is 0.104. The maximum Gasteiger partial charge on any atom is 0.261 e. The minimum atomic E-state index is -0.104. The van der Waals surface area contributed by atoms with Gasteiger partial charge in [0.1, 0.15) is 0 Å². The highest BCUT2D eigenvalue weighted by atomic mass is 32.1. The van der Waals surface area contributed by atoms with Gasteiger partial charge < -0.3 is 11.1 Å². The summed E-state index contributed by atoms with van der Waals surface area (Å²) in [6, 6.07) is 7.60. The third-order valence-electron chi connectivity index (χ3n) is 2.82. The summed E-state index contributed by atoms with van der Waals surface area (Å²) in [5.41, 5.74) is 8.15. The maximum atomic E-state index is 12.1. The van der Waals surface area contributed by atoms with Crippen molar-refractivity contribution in [2.75, 3.05) is 6.54 Å². The van der Waals surface area contributed by atoms with E-state index in [1.54, 1.807) is 0 Å². The molecule has 2 aromatic heterocycles. The van der Waals surface area contributed by atoms with E-state index in [0.29, 0.717) is 18.0 Å². The third-order valence-corrected chi connectivity index (χ3v) is 3.97. The number of nitrogens with two attached hydrogens (primary N) is 1. The Morgan fingerprint density at radius 2 is 2.24 bits per heavy atom. The third kappa shape index (κ3) is 4.15. The molecule has 0 aromatic carbocycles. The molecule has 0 aliphatic rings. The first-order chi connectivity index (χ1) is 10.1. The van der Waals surface area contributed by atoms with Gasteiger partial charge in [0.15, 0.2) is 0 Å². The van der Waals surface area contributed by atoms with E-state index in [1.165, 1.54) is 11.3 Å². The van der Waals surface area contributed by atoms with Crippen LogP contribution < -0.4 is 11.1 Å². The van der Waals surface area contributed by atoms with Gasteiger partial charge in [-0.3, -0.25) is 9.78 Å². The van der Waals surface area contributed by atoms with E-state index in [0.717, 1.165) is 21.8 Å². The number of thiophene rings is 1. The van der Waals surface area contributed by atoms with Crippen LogP contribution in [-0.2, 0) is 6.54 Å². The van der Waals surface area contributed by atoms with E-state index in [1.807, 2.05) is 38.1 Å². The van der Waals surface area contributed by atoms with Crippen LogP contribution in [0.1, 0.15) is 31.5 Å². The first-order valence-corrected chi connectivity index (χ1v) is 7.42. The predicted octanol–water partition coefficient (Wildman–Crippen LogP) is 2.00. The van der Waals surface area contributed by atoms with Crippen molar-refractivity contribution in [2.24, 2.45) is 5.73 Å². The van der Waals surface area contributed by atoms with Crippen LogP contribution >= 0.6 is 11.3 Å². The van der Waals surface area contributed by atoms with Crippen LogP contribution in [-0.4, -0.2) is 17.4 Å². The molecule has 3 N–H and O–H groups in total. The van der Waals surface area contributed by atoms with Crippen LogP contribution in [0, 0.1) is 25.7 Å². The molecule has 0 unspecified atom stereocenters. The van der Waals surface area contributed by atoms with Gasteiger partial charge in [-0.25, -0.2) is 0 Å². The highest BCUT2D eigenvalue weighted by Crippen LogP contribution is 2.20. The molecule has 2 aromatic rings. The number of carbonyl (C=O) groups is 1. The predicted molar refractivity (Wildman–Crippen MR) is 85.1 cm³/mol. The highest BCUT2D eigenvalue weighted by molar-refractivity contribution is 7.14. The normalized spacial score (nSPS) is 9.86. The number of aryl methyl sites for hydroxylation is 2. The van der Waals surface area contributed by atoms with Crippen molar-refractivity contribution in [3.05, 3.63) is 51.0 Å². The fourth-order valence-electron chi connectivity index (χ4n) is 1.81. The molecule has 0 fully saturated rings. The molecule has 0 radical (unpaired) electrons. The highest BCUT2D eigenvalue weighted by Gasteiger charge is 2.11. The summed E-state index contributed by atoms with van der Waals surface area (Å²) in [7, 11) is 0. The average Bonchev–Trinajstić information content (AvgIpc) is 2.84. The molecule has 21 heavy (non-hydrogen) atoms. The Labute approximate surface area is 128 Å². The zero-order valence-electron chi connectivity index (χ0n) is 12.1. The lowest BCUT2D eigenvalue weighted by atomic mass is 10.2. The summed E-state index contributed by atoms with van der Waals surface area (Å²) in [5, 5.41) is 2.88. The lowest BCUT2D eigenvalue weighted by Crippen LogP contribution is -2.22. The van der Waals surface area contributed by atoms with Crippen molar-refractivity contribution in [1.82, 2.24) is 10.3 Å². The molecule has 2 heterocycles. The molecule has 0 aliphatic heterocycles. The number of aromatic nitrogens is 1. The van der Waals surface area contributed by atoms with Crippen LogP contribution in [0.3, 0.4) is 0 Å². The lowest BCUT2D eigenvalue weighted by Gasteiger charge is -2.03. The Hall–Kier alpha value is -2.16. The molecule has 108 valence electrons. The Bertz CT molecular complexity index is 710. The quantitative estimate of drug-likeness (QED) is 0.852. The maximum absolute atomic E-state index is 12.1. The summed E-state index contributed by atoms with van der Waals surface area (Å²) in [4.78, 5) is 18.0. The first kappa shape index (κ1) is 15.2. The van der Waals surface area contributed by atoms with Gasteiger partial charge in [0.25, 0.3) is 5.91 Å². The number of nitrogens with one attached hydrogen (secondary N) is 1. The number of rotatable bonds is 3. The molecule has 1 amide bonds.